The Morgan fingerprint density at radius 2 is 1.63 bits per heavy atom. The third-order valence-electron chi connectivity index (χ3n) is 5.98. The van der Waals surface area contributed by atoms with E-state index in [1.54, 1.807) is 12.1 Å². The molecular weight excluding hydrogens is 484 g/mol. The molecule has 0 fully saturated rings. The third-order valence-corrected chi connectivity index (χ3v) is 5.98. The Kier molecular flexibility index (Phi) is 10.2. The van der Waals surface area contributed by atoms with Crippen LogP contribution in [0.15, 0.2) is 72.8 Å². The molecule has 0 spiro atoms. The van der Waals surface area contributed by atoms with E-state index < -0.39 is 18.0 Å². The van der Waals surface area contributed by atoms with Crippen LogP contribution in [-0.4, -0.2) is 48.1 Å². The second kappa shape index (κ2) is 13.8. The fraction of sp³-hybridized carbons (Fsp3) is 0.276. The summed E-state index contributed by atoms with van der Waals surface area (Å²) in [5.41, 5.74) is 3.90. The topological polar surface area (TPSA) is 120 Å². The lowest BCUT2D eigenvalue weighted by atomic mass is 10.0. The number of aliphatic carboxylic acids is 1. The number of urea groups is 1. The molecule has 3 aromatic carbocycles. The molecule has 0 bridgehead atoms. The Bertz CT molecular complexity index is 1250. The first kappa shape index (κ1) is 28.2. The van der Waals surface area contributed by atoms with E-state index in [1.165, 1.54) is 14.0 Å². The molecule has 0 saturated carbocycles. The number of rotatable bonds is 12. The largest absolute Gasteiger partial charge is 0.495 e. The average Bonchev–Trinajstić information content (AvgIpc) is 2.88. The van der Waals surface area contributed by atoms with Crippen LogP contribution in [0.25, 0.3) is 0 Å². The van der Waals surface area contributed by atoms with Crippen LogP contribution in [-0.2, 0) is 16.1 Å². The second-order valence-electron chi connectivity index (χ2n) is 8.97. The Labute approximate surface area is 222 Å². The number of amides is 3. The van der Waals surface area contributed by atoms with Crippen LogP contribution in [0.2, 0.25) is 0 Å². The summed E-state index contributed by atoms with van der Waals surface area (Å²) in [7, 11) is 1.51. The summed E-state index contributed by atoms with van der Waals surface area (Å²) < 4.78 is 5.55. The number of ether oxygens (including phenoxy) is 1. The van der Waals surface area contributed by atoms with Crippen molar-refractivity contribution in [1.82, 2.24) is 10.2 Å². The van der Waals surface area contributed by atoms with Crippen molar-refractivity contribution in [3.63, 3.8) is 0 Å². The summed E-state index contributed by atoms with van der Waals surface area (Å²) in [6.45, 7) is 4.57. The molecule has 1 atom stereocenters. The molecule has 9 heteroatoms. The number of aryl methyl sites for hydroxylation is 1. The number of carboxylic acid groups (broad SMARTS) is 1. The Hall–Kier alpha value is -4.37. The molecule has 3 amide bonds. The summed E-state index contributed by atoms with van der Waals surface area (Å²) >= 11 is 0. The van der Waals surface area contributed by atoms with E-state index in [2.05, 4.69) is 16.0 Å². The predicted molar refractivity (Wildman–Crippen MR) is 147 cm³/mol. The second-order valence-corrected chi connectivity index (χ2v) is 8.97. The van der Waals surface area contributed by atoms with E-state index >= 15 is 0 Å². The maximum atomic E-state index is 12.6. The van der Waals surface area contributed by atoms with Gasteiger partial charge in [-0.2, -0.15) is 0 Å². The third kappa shape index (κ3) is 8.63. The lowest BCUT2D eigenvalue weighted by Gasteiger charge is -2.28. The first-order chi connectivity index (χ1) is 18.2. The van der Waals surface area contributed by atoms with Crippen molar-refractivity contribution in [1.29, 1.82) is 0 Å². The van der Waals surface area contributed by atoms with Crippen molar-refractivity contribution < 1.29 is 24.2 Å². The van der Waals surface area contributed by atoms with Gasteiger partial charge in [0.1, 0.15) is 5.75 Å². The Morgan fingerprint density at radius 3 is 2.29 bits per heavy atom. The molecular formula is C29H34N4O5. The SMILES string of the molecule is COc1cc(C(CN(CCC(=O)O)Cc2ccccc2)NC(C)=O)ccc1NC(=O)Nc1ccccc1C. The number of carbonyl (C=O) groups excluding carboxylic acids is 2. The first-order valence-electron chi connectivity index (χ1n) is 12.3. The lowest BCUT2D eigenvalue weighted by molar-refractivity contribution is -0.137. The van der Waals surface area contributed by atoms with Gasteiger partial charge in [0, 0.05) is 32.2 Å². The van der Waals surface area contributed by atoms with E-state index in [0.717, 1.165) is 16.7 Å². The molecule has 0 aliphatic rings. The van der Waals surface area contributed by atoms with Crippen molar-refractivity contribution in [2.75, 3.05) is 30.8 Å². The summed E-state index contributed by atoms with van der Waals surface area (Å²) in [5.74, 6) is -0.676. The van der Waals surface area contributed by atoms with Gasteiger partial charge < -0.3 is 25.8 Å². The zero-order chi connectivity index (χ0) is 27.5. The fourth-order valence-electron chi connectivity index (χ4n) is 4.09. The van der Waals surface area contributed by atoms with E-state index in [-0.39, 0.29) is 12.3 Å². The summed E-state index contributed by atoms with van der Waals surface area (Å²) in [4.78, 5) is 38.0. The first-order valence-corrected chi connectivity index (χ1v) is 12.3. The normalized spacial score (nSPS) is 11.5. The van der Waals surface area contributed by atoms with Gasteiger partial charge in [-0.25, -0.2) is 4.79 Å². The highest BCUT2D eigenvalue weighted by Crippen LogP contribution is 2.29. The molecule has 0 aromatic heterocycles. The number of anilines is 2. The highest BCUT2D eigenvalue weighted by atomic mass is 16.5. The number of para-hydroxylation sites is 1. The number of hydrogen-bond donors (Lipinski definition) is 4. The number of nitrogens with one attached hydrogen (secondary N) is 3. The van der Waals surface area contributed by atoms with Gasteiger partial charge in [0.15, 0.2) is 0 Å². The summed E-state index contributed by atoms with van der Waals surface area (Å²) in [5, 5.41) is 17.9. The molecule has 0 radical (unpaired) electrons. The number of benzene rings is 3. The van der Waals surface area contributed by atoms with Gasteiger partial charge in [-0.15, -0.1) is 0 Å². The monoisotopic (exact) mass is 518 g/mol. The molecule has 0 aliphatic carbocycles. The fourth-order valence-corrected chi connectivity index (χ4v) is 4.09. The zero-order valence-electron chi connectivity index (χ0n) is 21.9. The van der Waals surface area contributed by atoms with Gasteiger partial charge in [-0.05, 0) is 41.8 Å². The summed E-state index contributed by atoms with van der Waals surface area (Å²) in [6.07, 6.45) is -0.0260. The smallest absolute Gasteiger partial charge is 0.323 e. The van der Waals surface area contributed by atoms with Crippen molar-refractivity contribution in [3.8, 4) is 5.75 Å². The number of hydrogen-bond acceptors (Lipinski definition) is 5. The van der Waals surface area contributed by atoms with E-state index in [9.17, 15) is 19.5 Å². The highest BCUT2D eigenvalue weighted by molar-refractivity contribution is 6.01. The van der Waals surface area contributed by atoms with Crippen LogP contribution in [0, 0.1) is 6.92 Å². The minimum atomic E-state index is -0.889. The van der Waals surface area contributed by atoms with Gasteiger partial charge in [0.05, 0.1) is 25.3 Å². The number of methoxy groups -OCH3 is 1. The zero-order valence-corrected chi connectivity index (χ0v) is 21.9. The van der Waals surface area contributed by atoms with E-state index in [4.69, 9.17) is 4.74 Å². The highest BCUT2D eigenvalue weighted by Gasteiger charge is 2.20. The Balaban J connectivity index is 1.80. The summed E-state index contributed by atoms with van der Waals surface area (Å²) in [6, 6.07) is 21.7. The van der Waals surface area contributed by atoms with Crippen LogP contribution in [0.3, 0.4) is 0 Å². The molecule has 200 valence electrons. The number of nitrogens with zero attached hydrogens (tertiary/aromatic N) is 1. The van der Waals surface area contributed by atoms with Gasteiger partial charge in [0.25, 0.3) is 0 Å². The maximum Gasteiger partial charge on any atom is 0.323 e. The van der Waals surface area contributed by atoms with Crippen LogP contribution < -0.4 is 20.7 Å². The van der Waals surface area contributed by atoms with Gasteiger partial charge in [0.2, 0.25) is 5.91 Å². The molecule has 38 heavy (non-hydrogen) atoms. The lowest BCUT2D eigenvalue weighted by Crippen LogP contribution is -2.38. The Morgan fingerprint density at radius 1 is 0.947 bits per heavy atom. The molecule has 9 nitrogen and oxygen atoms in total. The predicted octanol–water partition coefficient (Wildman–Crippen LogP) is 4.80. The molecule has 3 rings (SSSR count). The van der Waals surface area contributed by atoms with Crippen LogP contribution >= 0.6 is 0 Å². The minimum absolute atomic E-state index is 0.0260. The number of carbonyl (C=O) groups is 3. The van der Waals surface area contributed by atoms with Crippen molar-refractivity contribution in [3.05, 3.63) is 89.5 Å². The maximum absolute atomic E-state index is 12.6. The van der Waals surface area contributed by atoms with Gasteiger partial charge in [-0.1, -0.05) is 54.6 Å². The molecule has 0 saturated heterocycles. The molecule has 0 heterocycles. The number of carboxylic acids is 1. The van der Waals surface area contributed by atoms with Crippen molar-refractivity contribution in [2.45, 2.75) is 32.9 Å². The average molecular weight is 519 g/mol. The standard InChI is InChI=1S/C29H34N4O5/c1-20-9-7-8-12-24(20)31-29(37)32-25-14-13-23(17-27(25)38-3)26(30-21(2)34)19-33(16-15-28(35)36)18-22-10-5-4-6-11-22/h4-14,17,26H,15-16,18-19H2,1-3H3,(H,30,34)(H,35,36)(H2,31,32,37). The van der Waals surface area contributed by atoms with Gasteiger partial charge >= 0.3 is 12.0 Å². The molecule has 1 unspecified atom stereocenters. The van der Waals surface area contributed by atoms with Crippen molar-refractivity contribution in [2.24, 2.45) is 0 Å². The van der Waals surface area contributed by atoms with Crippen LogP contribution in [0.1, 0.15) is 36.1 Å². The van der Waals surface area contributed by atoms with Crippen LogP contribution in [0.4, 0.5) is 16.2 Å². The molecule has 4 N–H and O–H groups in total. The van der Waals surface area contributed by atoms with Crippen LogP contribution in [0.5, 0.6) is 5.75 Å². The van der Waals surface area contributed by atoms with E-state index in [0.29, 0.717) is 36.8 Å². The van der Waals surface area contributed by atoms with Gasteiger partial charge in [-0.3, -0.25) is 14.5 Å². The van der Waals surface area contributed by atoms with E-state index in [1.807, 2.05) is 72.5 Å². The van der Waals surface area contributed by atoms with Crippen molar-refractivity contribution >= 4 is 29.3 Å². The molecule has 3 aromatic rings. The minimum Gasteiger partial charge on any atom is -0.495 e. The quantitative estimate of drug-likeness (QED) is 0.273. The molecule has 0 aliphatic heterocycles.